The fourth-order valence-corrected chi connectivity index (χ4v) is 1.92. The van der Waals surface area contributed by atoms with E-state index >= 15 is 0 Å². The maximum absolute atomic E-state index is 12.0. The van der Waals surface area contributed by atoms with Gasteiger partial charge in [-0.2, -0.15) is 0 Å². The average Bonchev–Trinajstić information content (AvgIpc) is 2.36. The highest BCUT2D eigenvalue weighted by atomic mass is 35.5. The van der Waals surface area contributed by atoms with E-state index in [9.17, 15) is 19.7 Å². The van der Waals surface area contributed by atoms with Crippen molar-refractivity contribution in [3.05, 3.63) is 37.1 Å². The number of aryl methyl sites for hydroxylation is 1. The molecular weight excluding hydrogens is 274 g/mol. The third-order valence-corrected chi connectivity index (χ3v) is 2.91. The molecule has 0 fully saturated rings. The van der Waals surface area contributed by atoms with Gasteiger partial charge < -0.3 is 0 Å². The van der Waals surface area contributed by atoms with Crippen LogP contribution in [0.2, 0.25) is 0 Å². The molecule has 1 heterocycles. The van der Waals surface area contributed by atoms with E-state index in [1.54, 1.807) is 0 Å². The van der Waals surface area contributed by atoms with E-state index in [1.807, 2.05) is 6.92 Å². The summed E-state index contributed by atoms with van der Waals surface area (Å²) in [5.41, 5.74) is -1.93. The molecule has 0 atom stereocenters. The van der Waals surface area contributed by atoms with Gasteiger partial charge in [0.1, 0.15) is 0 Å². The van der Waals surface area contributed by atoms with Crippen LogP contribution in [0.1, 0.15) is 26.2 Å². The molecule has 0 saturated heterocycles. The van der Waals surface area contributed by atoms with Gasteiger partial charge in [-0.25, -0.2) is 4.79 Å². The van der Waals surface area contributed by atoms with Crippen molar-refractivity contribution < 1.29 is 4.92 Å². The van der Waals surface area contributed by atoms with Crippen LogP contribution in [0, 0.1) is 10.1 Å². The molecule has 0 aliphatic rings. The molecule has 19 heavy (non-hydrogen) atoms. The minimum atomic E-state index is -0.850. The van der Waals surface area contributed by atoms with Gasteiger partial charge in [0.2, 0.25) is 0 Å². The van der Waals surface area contributed by atoms with E-state index in [-0.39, 0.29) is 6.54 Å². The Bertz CT molecular complexity index is 564. The number of unbranched alkanes of at least 4 members (excludes halogenated alkanes) is 1. The summed E-state index contributed by atoms with van der Waals surface area (Å²) in [5, 5.41) is 10.8. The second-order valence-electron chi connectivity index (χ2n) is 4.10. The summed E-state index contributed by atoms with van der Waals surface area (Å²) in [5.74, 6) is 0.423. The van der Waals surface area contributed by atoms with Crippen LogP contribution in [0.25, 0.3) is 0 Å². The Morgan fingerprint density at radius 2 is 2.00 bits per heavy atom. The van der Waals surface area contributed by atoms with Crippen molar-refractivity contribution in [1.82, 2.24) is 9.13 Å². The zero-order valence-electron chi connectivity index (χ0n) is 10.7. The van der Waals surface area contributed by atoms with Gasteiger partial charge in [-0.3, -0.25) is 24.0 Å². The number of rotatable bonds is 7. The maximum Gasteiger partial charge on any atom is 0.350 e. The third kappa shape index (κ3) is 3.66. The topological polar surface area (TPSA) is 87.1 Å². The third-order valence-electron chi connectivity index (χ3n) is 2.65. The van der Waals surface area contributed by atoms with E-state index in [0.717, 1.165) is 10.8 Å². The monoisotopic (exact) mass is 289 g/mol. The minimum Gasteiger partial charge on any atom is -0.293 e. The Kier molecular flexibility index (Phi) is 5.75. The van der Waals surface area contributed by atoms with Gasteiger partial charge >= 0.3 is 16.9 Å². The van der Waals surface area contributed by atoms with Gasteiger partial charge in [0.15, 0.2) is 0 Å². The first-order chi connectivity index (χ1) is 9.02. The molecule has 0 bridgehead atoms. The normalized spacial score (nSPS) is 10.6. The Labute approximate surface area is 114 Å². The number of alkyl halides is 1. The van der Waals surface area contributed by atoms with Crippen LogP contribution >= 0.6 is 11.6 Å². The van der Waals surface area contributed by atoms with Crippen molar-refractivity contribution in [3.8, 4) is 0 Å². The highest BCUT2D eigenvalue weighted by Crippen LogP contribution is 2.02. The van der Waals surface area contributed by atoms with Crippen LogP contribution in [0.15, 0.2) is 15.8 Å². The van der Waals surface area contributed by atoms with E-state index in [4.69, 9.17) is 11.6 Å². The molecule has 0 radical (unpaired) electrons. The van der Waals surface area contributed by atoms with Crippen LogP contribution in [-0.4, -0.2) is 19.9 Å². The standard InChI is InChI=1S/C11H16ClN3O4/c1-2-6-13-8-9(15(18)19)10(16)14(11(13)17)7-4-3-5-12/h8H,2-7H2,1H3. The first-order valence-electron chi connectivity index (χ1n) is 6.07. The number of aromatic nitrogens is 2. The Morgan fingerprint density at radius 1 is 1.32 bits per heavy atom. The SMILES string of the molecule is CCCn1cc([N+](=O)[O-])c(=O)n(CCCCCl)c1=O. The zero-order valence-corrected chi connectivity index (χ0v) is 11.4. The summed E-state index contributed by atoms with van der Waals surface area (Å²) in [7, 11) is 0. The number of nitrogens with zero attached hydrogens (tertiary/aromatic N) is 3. The second kappa shape index (κ2) is 7.08. The van der Waals surface area contributed by atoms with Gasteiger partial charge in [0.25, 0.3) is 0 Å². The number of nitro groups is 1. The molecule has 1 rings (SSSR count). The van der Waals surface area contributed by atoms with E-state index in [0.29, 0.717) is 31.7 Å². The second-order valence-corrected chi connectivity index (χ2v) is 4.48. The molecule has 1 aromatic rings. The van der Waals surface area contributed by atoms with Gasteiger partial charge in [-0.1, -0.05) is 6.92 Å². The van der Waals surface area contributed by atoms with Crippen LogP contribution in [0.3, 0.4) is 0 Å². The van der Waals surface area contributed by atoms with Gasteiger partial charge in [0.05, 0.1) is 11.1 Å². The van der Waals surface area contributed by atoms with Gasteiger partial charge in [-0.05, 0) is 19.3 Å². The highest BCUT2D eigenvalue weighted by Gasteiger charge is 2.19. The lowest BCUT2D eigenvalue weighted by Gasteiger charge is -2.08. The fourth-order valence-electron chi connectivity index (χ4n) is 1.73. The van der Waals surface area contributed by atoms with Crippen molar-refractivity contribution in [2.75, 3.05) is 5.88 Å². The quantitative estimate of drug-likeness (QED) is 0.328. The smallest absolute Gasteiger partial charge is 0.293 e. The van der Waals surface area contributed by atoms with Gasteiger partial charge in [-0.15, -0.1) is 11.6 Å². The summed E-state index contributed by atoms with van der Waals surface area (Å²) in [6.45, 7) is 2.34. The molecular formula is C11H16ClN3O4. The first kappa shape index (κ1) is 15.4. The van der Waals surface area contributed by atoms with Gasteiger partial charge in [0, 0.05) is 19.0 Å². The molecule has 7 nitrogen and oxygen atoms in total. The number of halogens is 1. The predicted molar refractivity (Wildman–Crippen MR) is 71.9 cm³/mol. The van der Waals surface area contributed by atoms with Crippen LogP contribution in [0.4, 0.5) is 5.69 Å². The van der Waals surface area contributed by atoms with Crippen LogP contribution < -0.4 is 11.2 Å². The molecule has 0 aromatic carbocycles. The van der Waals surface area contributed by atoms with Crippen molar-refractivity contribution >= 4 is 17.3 Å². The first-order valence-corrected chi connectivity index (χ1v) is 6.61. The van der Waals surface area contributed by atoms with Crippen molar-refractivity contribution in [2.24, 2.45) is 0 Å². The summed E-state index contributed by atoms with van der Waals surface area (Å²) in [6, 6.07) is 0. The molecule has 0 unspecified atom stereocenters. The molecule has 8 heteroatoms. The Hall–Kier alpha value is -1.63. The fraction of sp³-hybridized carbons (Fsp3) is 0.636. The lowest BCUT2D eigenvalue weighted by molar-refractivity contribution is -0.387. The maximum atomic E-state index is 12.0. The molecule has 0 aliphatic carbocycles. The average molecular weight is 290 g/mol. The van der Waals surface area contributed by atoms with Crippen LogP contribution in [-0.2, 0) is 13.1 Å². The summed E-state index contributed by atoms with van der Waals surface area (Å²) in [4.78, 5) is 33.9. The Morgan fingerprint density at radius 3 is 2.53 bits per heavy atom. The minimum absolute atomic E-state index is 0.149. The Balaban J connectivity index is 3.29. The summed E-state index contributed by atoms with van der Waals surface area (Å²) < 4.78 is 2.13. The molecule has 106 valence electrons. The summed E-state index contributed by atoms with van der Waals surface area (Å²) >= 11 is 5.53. The molecule has 0 N–H and O–H groups in total. The molecule has 0 amide bonds. The highest BCUT2D eigenvalue weighted by molar-refractivity contribution is 6.17. The van der Waals surface area contributed by atoms with E-state index < -0.39 is 21.9 Å². The largest absolute Gasteiger partial charge is 0.350 e. The zero-order chi connectivity index (χ0) is 14.4. The molecule has 0 spiro atoms. The lowest BCUT2D eigenvalue weighted by atomic mass is 10.3. The number of hydrogen-bond donors (Lipinski definition) is 0. The number of hydrogen-bond acceptors (Lipinski definition) is 4. The predicted octanol–water partition coefficient (Wildman–Crippen LogP) is 1.35. The van der Waals surface area contributed by atoms with Crippen LogP contribution in [0.5, 0.6) is 0 Å². The summed E-state index contributed by atoms with van der Waals surface area (Å²) in [6.07, 6.45) is 2.85. The molecule has 0 aliphatic heterocycles. The van der Waals surface area contributed by atoms with Crippen molar-refractivity contribution in [2.45, 2.75) is 39.3 Å². The molecule has 0 saturated carbocycles. The lowest BCUT2D eigenvalue weighted by Crippen LogP contribution is -2.40. The van der Waals surface area contributed by atoms with Crippen molar-refractivity contribution in [3.63, 3.8) is 0 Å². The molecule has 1 aromatic heterocycles. The van der Waals surface area contributed by atoms with E-state index in [1.165, 1.54) is 4.57 Å². The van der Waals surface area contributed by atoms with Crippen molar-refractivity contribution in [1.29, 1.82) is 0 Å². The van der Waals surface area contributed by atoms with E-state index in [2.05, 4.69) is 0 Å².